The molecule has 0 saturated heterocycles. The van der Waals surface area contributed by atoms with Crippen LogP contribution in [0.15, 0.2) is 140 Å². The van der Waals surface area contributed by atoms with Gasteiger partial charge in [0.15, 0.2) is 0 Å². The summed E-state index contributed by atoms with van der Waals surface area (Å²) in [5.41, 5.74) is 6.88. The number of imidazole rings is 1. The van der Waals surface area contributed by atoms with Gasteiger partial charge in [-0.3, -0.25) is 4.57 Å². The van der Waals surface area contributed by atoms with Crippen molar-refractivity contribution in [2.24, 2.45) is 0 Å². The quantitative estimate of drug-likeness (QED) is 0.102. The molecule has 3 aromatic heterocycles. The van der Waals surface area contributed by atoms with Crippen molar-refractivity contribution >= 4 is 51.8 Å². The van der Waals surface area contributed by atoms with Gasteiger partial charge in [0.1, 0.15) is 17.3 Å². The average Bonchev–Trinajstić information content (AvgIpc) is 3.88. The molecule has 11 rings (SSSR count). The Morgan fingerprint density at radius 3 is 2.24 bits per heavy atom. The summed E-state index contributed by atoms with van der Waals surface area (Å²) >= 11 is 0. The van der Waals surface area contributed by atoms with Crippen LogP contribution in [0.2, 0.25) is 0 Å². The Morgan fingerprint density at radius 1 is 0.709 bits per heavy atom. The van der Waals surface area contributed by atoms with Gasteiger partial charge in [0.25, 0.3) is 6.33 Å². The van der Waals surface area contributed by atoms with Crippen LogP contribution >= 0.6 is 0 Å². The third-order valence-corrected chi connectivity index (χ3v) is 13.7. The summed E-state index contributed by atoms with van der Waals surface area (Å²) < 4.78 is 26.9. The van der Waals surface area contributed by atoms with Crippen LogP contribution in [0.5, 0.6) is 23.0 Å². The zero-order chi connectivity index (χ0) is 36.2. The molecule has 0 unspecified atom stereocenters. The largest absolute Gasteiger partial charge is 0.511 e. The molecule has 7 nitrogen and oxygen atoms in total. The van der Waals surface area contributed by atoms with E-state index in [2.05, 4.69) is 132 Å². The topological polar surface area (TPSA) is 54.3 Å². The van der Waals surface area contributed by atoms with Gasteiger partial charge in [0.05, 0.1) is 16.7 Å². The van der Waals surface area contributed by atoms with Gasteiger partial charge in [-0.2, -0.15) is 12.1 Å². The molecule has 0 fully saturated rings. The number of nitrogens with zero attached hydrogens (tertiary/aromatic N) is 4. The van der Waals surface area contributed by atoms with E-state index in [-0.39, 0.29) is 26.5 Å². The first-order valence-electron chi connectivity index (χ1n) is 18.0. The molecule has 9 heteroatoms. The summed E-state index contributed by atoms with van der Waals surface area (Å²) in [6, 6.07) is 52.5. The molecule has 1 spiro atoms. The Kier molecular flexibility index (Phi) is 7.50. The smallest absolute Gasteiger partial charge is 0.458 e. The molecule has 0 bridgehead atoms. The van der Waals surface area contributed by atoms with E-state index in [1.54, 1.807) is 0 Å². The van der Waals surface area contributed by atoms with E-state index in [1.807, 2.05) is 60.8 Å². The summed E-state index contributed by atoms with van der Waals surface area (Å²) in [5.74, 6) is 3.44. The molecule has 0 saturated carbocycles. The maximum atomic E-state index is 6.95. The van der Waals surface area contributed by atoms with Gasteiger partial charge in [-0.05, 0) is 64.5 Å². The number of aromatic nitrogens is 4. The molecule has 55 heavy (non-hydrogen) atoms. The van der Waals surface area contributed by atoms with Gasteiger partial charge in [0.2, 0.25) is 0 Å². The van der Waals surface area contributed by atoms with Gasteiger partial charge in [-0.25, -0.2) is 4.98 Å². The second kappa shape index (κ2) is 12.3. The minimum atomic E-state index is -3.28. The molecule has 0 radical (unpaired) electrons. The van der Waals surface area contributed by atoms with Gasteiger partial charge < -0.3 is 22.7 Å². The number of para-hydroxylation sites is 5. The SMILES string of the molecule is CC(C)(C)c1ccnc(-n2c3[c-]c(Oc4[c-]c5c(cc4)[Si]4(Oc6ccccc6O4)c4cccc6c4n-5[c-][n+]6-c4ccccc4)ccc3c3ccccc32)c1.[Pt]. The third-order valence-electron chi connectivity index (χ3n) is 10.5. The van der Waals surface area contributed by atoms with Crippen LogP contribution in [0, 0.1) is 18.5 Å². The van der Waals surface area contributed by atoms with E-state index in [1.165, 1.54) is 5.56 Å². The summed E-state index contributed by atoms with van der Waals surface area (Å²) in [6.07, 6.45) is 5.53. The van der Waals surface area contributed by atoms with Crippen molar-refractivity contribution in [2.75, 3.05) is 0 Å². The number of fused-ring (bicyclic) bond motifs is 8. The van der Waals surface area contributed by atoms with Crippen molar-refractivity contribution in [1.82, 2.24) is 14.1 Å². The van der Waals surface area contributed by atoms with E-state index >= 15 is 0 Å². The van der Waals surface area contributed by atoms with Crippen LogP contribution in [0.3, 0.4) is 0 Å². The van der Waals surface area contributed by atoms with Gasteiger partial charge in [0, 0.05) is 49.5 Å². The Hall–Kier alpha value is -5.95. The molecule has 0 aliphatic carbocycles. The monoisotopic (exact) mass is 911 g/mol. The number of ether oxygens (including phenoxy) is 1. The van der Waals surface area contributed by atoms with Crippen LogP contribution in [-0.4, -0.2) is 22.7 Å². The van der Waals surface area contributed by atoms with Crippen molar-refractivity contribution in [3.63, 3.8) is 0 Å². The molecule has 2 aliphatic rings. The molecule has 5 heterocycles. The Morgan fingerprint density at radius 2 is 1.44 bits per heavy atom. The fourth-order valence-electron chi connectivity index (χ4n) is 7.93. The van der Waals surface area contributed by atoms with E-state index in [9.17, 15) is 0 Å². The molecular formula is C46H32N4O3PtSi-2. The third kappa shape index (κ3) is 5.05. The molecular weight excluding hydrogens is 880 g/mol. The molecule has 9 aromatic rings. The van der Waals surface area contributed by atoms with Crippen LogP contribution < -0.4 is 28.5 Å². The van der Waals surface area contributed by atoms with Gasteiger partial charge in [-0.1, -0.05) is 98.2 Å². The van der Waals surface area contributed by atoms with Crippen LogP contribution in [0.25, 0.3) is 50.0 Å². The van der Waals surface area contributed by atoms with E-state index < -0.39 is 8.56 Å². The number of hydrogen-bond donors (Lipinski definition) is 0. The second-order valence-corrected chi connectivity index (χ2v) is 17.5. The fourth-order valence-corrected chi connectivity index (χ4v) is 11.3. The normalized spacial score (nSPS) is 13.7. The summed E-state index contributed by atoms with van der Waals surface area (Å²) in [5, 5.41) is 4.16. The minimum Gasteiger partial charge on any atom is -0.511 e. The maximum absolute atomic E-state index is 6.95. The summed E-state index contributed by atoms with van der Waals surface area (Å²) in [7, 11) is -3.28. The van der Waals surface area contributed by atoms with Crippen LogP contribution in [0.1, 0.15) is 26.3 Å². The van der Waals surface area contributed by atoms with E-state index in [4.69, 9.17) is 18.6 Å². The van der Waals surface area contributed by atoms with Gasteiger partial charge >= 0.3 is 8.56 Å². The Balaban J connectivity index is 0.00000372. The first-order chi connectivity index (χ1) is 26.4. The zero-order valence-electron chi connectivity index (χ0n) is 30.1. The molecule has 2 aliphatic heterocycles. The van der Waals surface area contributed by atoms with Crippen molar-refractivity contribution in [2.45, 2.75) is 26.2 Å². The van der Waals surface area contributed by atoms with E-state index in [0.29, 0.717) is 11.5 Å². The van der Waals surface area contributed by atoms with Crippen molar-refractivity contribution in [3.8, 4) is 40.2 Å². The Bertz CT molecular complexity index is 2960. The predicted octanol–water partition coefficient (Wildman–Crippen LogP) is 8.23. The van der Waals surface area contributed by atoms with Crippen molar-refractivity contribution < 1.29 is 39.2 Å². The minimum absolute atomic E-state index is 0. The molecule has 6 aromatic carbocycles. The standard InChI is InChI=1S/C46H32N4O3Si.Pt/c1-46(2,3)30-24-25-47-44(26-30)50-36-15-8-7-14-34(36)35-22-20-32(27-38(35)50)51-33-21-23-42-39(28-33)49-29-48(31-12-5-4-6-13-31)37-16-11-19-43(45(37)49)54(42)52-40-17-9-10-18-41(40)53-54;/h4-26H,1-3H3;/q-2;. The second-order valence-electron chi connectivity index (χ2n) is 14.8. The van der Waals surface area contributed by atoms with Crippen molar-refractivity contribution in [3.05, 3.63) is 164 Å². The first kappa shape index (κ1) is 33.6. The molecule has 0 amide bonds. The Labute approximate surface area is 333 Å². The number of rotatable bonds is 4. The zero-order valence-corrected chi connectivity index (χ0v) is 33.4. The maximum Gasteiger partial charge on any atom is 0.458 e. The summed E-state index contributed by atoms with van der Waals surface area (Å²) in [4.78, 5) is 4.84. The number of pyridine rings is 1. The van der Waals surface area contributed by atoms with Crippen molar-refractivity contribution in [1.29, 1.82) is 0 Å². The molecule has 0 atom stereocenters. The average molecular weight is 912 g/mol. The van der Waals surface area contributed by atoms with E-state index in [0.717, 1.165) is 71.9 Å². The predicted molar refractivity (Wildman–Crippen MR) is 211 cm³/mol. The van der Waals surface area contributed by atoms with Gasteiger partial charge in [-0.15, -0.1) is 29.7 Å². The number of hydrogen-bond acceptors (Lipinski definition) is 4. The van der Waals surface area contributed by atoms with Crippen LogP contribution in [0.4, 0.5) is 0 Å². The van der Waals surface area contributed by atoms with Crippen LogP contribution in [-0.2, 0) is 26.5 Å². The first-order valence-corrected chi connectivity index (χ1v) is 19.9. The summed E-state index contributed by atoms with van der Waals surface area (Å²) in [6.45, 7) is 6.65. The fraction of sp³-hybridized carbons (Fsp3) is 0.0870. The molecule has 270 valence electrons. The number of benzene rings is 6. The molecule has 0 N–H and O–H groups in total.